The van der Waals surface area contributed by atoms with Crippen LogP contribution < -0.4 is 5.56 Å². The highest BCUT2D eigenvalue weighted by atomic mass is 79.9. The number of likely N-dealkylation sites (tertiary alicyclic amines) is 1. The first kappa shape index (κ1) is 17.4. The number of rotatable bonds is 1. The van der Waals surface area contributed by atoms with Crippen LogP contribution in [-0.4, -0.2) is 33.1 Å². The molecule has 1 N–H and O–H groups in total. The van der Waals surface area contributed by atoms with Crippen LogP contribution in [0.3, 0.4) is 0 Å². The fourth-order valence-corrected chi connectivity index (χ4v) is 4.41. The minimum absolute atomic E-state index is 0.178. The Morgan fingerprint density at radius 2 is 2.21 bits per heavy atom. The fraction of sp³-hybridized carbons (Fsp3) is 0.562. The second-order valence-electron chi connectivity index (χ2n) is 7.19. The zero-order valence-electron chi connectivity index (χ0n) is 14.1. The van der Waals surface area contributed by atoms with Crippen molar-refractivity contribution in [1.82, 2.24) is 14.9 Å². The van der Waals surface area contributed by atoms with Gasteiger partial charge in [-0.1, -0.05) is 0 Å². The normalized spacial score (nSPS) is 21.5. The molecule has 0 saturated carbocycles. The molecule has 8 heteroatoms. The average molecular weight is 414 g/mol. The molecule has 0 spiro atoms. The molecule has 130 valence electrons. The third kappa shape index (κ3) is 3.09. The van der Waals surface area contributed by atoms with Crippen molar-refractivity contribution in [3.63, 3.8) is 0 Å². The topological polar surface area (TPSA) is 75.3 Å². The van der Waals surface area contributed by atoms with Crippen LogP contribution in [-0.2, 0) is 10.3 Å². The molecule has 0 radical (unpaired) electrons. The lowest BCUT2D eigenvalue weighted by Gasteiger charge is -2.35. The summed E-state index contributed by atoms with van der Waals surface area (Å²) in [5, 5.41) is 0. The summed E-state index contributed by atoms with van der Waals surface area (Å²) in [6.07, 6.45) is 1.19. The molecule has 1 aliphatic heterocycles. The molecular formula is C16H20BrN3O3S. The molecule has 1 atom stereocenters. The predicted molar refractivity (Wildman–Crippen MR) is 97.5 cm³/mol. The number of thiophene rings is 1. The third-order valence-electron chi connectivity index (χ3n) is 4.12. The highest BCUT2D eigenvalue weighted by Crippen LogP contribution is 2.38. The Labute approximate surface area is 152 Å². The second kappa shape index (κ2) is 5.84. The maximum atomic E-state index is 12.6. The van der Waals surface area contributed by atoms with Crippen molar-refractivity contribution in [2.75, 3.05) is 6.54 Å². The van der Waals surface area contributed by atoms with Gasteiger partial charge in [0.05, 0.1) is 9.30 Å². The van der Waals surface area contributed by atoms with Crippen molar-refractivity contribution >= 4 is 43.6 Å². The number of H-pyrrole nitrogens is 1. The summed E-state index contributed by atoms with van der Waals surface area (Å²) in [7, 11) is 0. The summed E-state index contributed by atoms with van der Waals surface area (Å²) in [6, 6.07) is 1.83. The van der Waals surface area contributed by atoms with E-state index in [1.807, 2.05) is 33.8 Å². The van der Waals surface area contributed by atoms with Gasteiger partial charge >= 0.3 is 6.09 Å². The molecule has 3 rings (SSSR count). The van der Waals surface area contributed by atoms with E-state index in [2.05, 4.69) is 25.9 Å². The van der Waals surface area contributed by atoms with Crippen LogP contribution in [0.1, 0.15) is 46.4 Å². The number of nitrogens with one attached hydrogen (secondary N) is 1. The van der Waals surface area contributed by atoms with E-state index in [9.17, 15) is 9.59 Å². The molecule has 1 fully saturated rings. The van der Waals surface area contributed by atoms with Crippen LogP contribution in [0.25, 0.3) is 10.2 Å². The monoisotopic (exact) mass is 413 g/mol. The third-order valence-corrected chi connectivity index (χ3v) is 5.74. The summed E-state index contributed by atoms with van der Waals surface area (Å²) in [5.41, 5.74) is -0.779. The van der Waals surface area contributed by atoms with Gasteiger partial charge in [-0.15, -0.1) is 11.3 Å². The Kier molecular flexibility index (Phi) is 4.24. The molecular weight excluding hydrogens is 394 g/mol. The maximum absolute atomic E-state index is 12.6. The van der Waals surface area contributed by atoms with Gasteiger partial charge in [0.1, 0.15) is 21.7 Å². The number of aromatic nitrogens is 2. The maximum Gasteiger partial charge on any atom is 0.411 e. The van der Waals surface area contributed by atoms with Gasteiger partial charge in [0, 0.05) is 6.54 Å². The van der Waals surface area contributed by atoms with Crippen LogP contribution in [0.2, 0.25) is 0 Å². The molecule has 1 saturated heterocycles. The van der Waals surface area contributed by atoms with Crippen LogP contribution in [0.4, 0.5) is 4.79 Å². The number of carbonyl (C=O) groups is 1. The van der Waals surface area contributed by atoms with Crippen molar-refractivity contribution in [3.8, 4) is 0 Å². The molecule has 1 aliphatic rings. The number of ether oxygens (including phenoxy) is 1. The molecule has 24 heavy (non-hydrogen) atoms. The van der Waals surface area contributed by atoms with E-state index >= 15 is 0 Å². The van der Waals surface area contributed by atoms with Gasteiger partial charge in [-0.25, -0.2) is 9.78 Å². The number of halogens is 1. The SMILES string of the molecule is CC(C)(C)OC(=O)N1CCC[C@]1(C)c1nc2cc(Br)sc2c(=O)[nH]1. The number of hydrogen-bond acceptors (Lipinski definition) is 5. The molecule has 2 aromatic heterocycles. The Morgan fingerprint density at radius 3 is 2.88 bits per heavy atom. The van der Waals surface area contributed by atoms with Crippen LogP contribution in [0.15, 0.2) is 14.6 Å². The average Bonchev–Trinajstić information content (AvgIpc) is 3.00. The number of hydrogen-bond donors (Lipinski definition) is 1. The smallest absolute Gasteiger partial charge is 0.411 e. The number of fused-ring (bicyclic) bond motifs is 1. The van der Waals surface area contributed by atoms with Gasteiger partial charge < -0.3 is 9.72 Å². The van der Waals surface area contributed by atoms with Crippen LogP contribution in [0.5, 0.6) is 0 Å². The van der Waals surface area contributed by atoms with Crippen molar-refractivity contribution in [2.24, 2.45) is 0 Å². The standard InChI is InChI=1S/C16H20BrN3O3S/c1-15(2,3)23-14(22)20-7-5-6-16(20,4)13-18-9-8-10(17)24-11(9)12(21)19-13/h8H,5-7H2,1-4H3,(H,18,19,21)/t16-/m1/s1. The van der Waals surface area contributed by atoms with E-state index in [1.165, 1.54) is 11.3 Å². The Bertz CT molecular complexity index is 854. The highest BCUT2D eigenvalue weighted by molar-refractivity contribution is 9.11. The van der Waals surface area contributed by atoms with Gasteiger partial charge in [0.25, 0.3) is 5.56 Å². The van der Waals surface area contributed by atoms with E-state index in [1.54, 1.807) is 4.90 Å². The van der Waals surface area contributed by atoms with Gasteiger partial charge in [-0.2, -0.15) is 0 Å². The van der Waals surface area contributed by atoms with Gasteiger partial charge in [-0.05, 0) is 62.5 Å². The van der Waals surface area contributed by atoms with E-state index in [4.69, 9.17) is 4.74 Å². The minimum Gasteiger partial charge on any atom is -0.444 e. The first-order valence-electron chi connectivity index (χ1n) is 7.81. The van der Waals surface area contributed by atoms with E-state index in [0.717, 1.165) is 16.6 Å². The van der Waals surface area contributed by atoms with Gasteiger partial charge in [0.2, 0.25) is 0 Å². The zero-order chi connectivity index (χ0) is 17.7. The number of nitrogens with zero attached hydrogens (tertiary/aromatic N) is 2. The van der Waals surface area contributed by atoms with E-state index in [0.29, 0.717) is 22.6 Å². The van der Waals surface area contributed by atoms with E-state index < -0.39 is 11.1 Å². The summed E-state index contributed by atoms with van der Waals surface area (Å²) in [5.74, 6) is 0.508. The van der Waals surface area contributed by atoms with Crippen LogP contribution in [0, 0.1) is 0 Å². The van der Waals surface area contributed by atoms with Crippen molar-refractivity contribution in [3.05, 3.63) is 26.0 Å². The van der Waals surface area contributed by atoms with Gasteiger partial charge in [-0.3, -0.25) is 9.69 Å². The largest absolute Gasteiger partial charge is 0.444 e. The number of aromatic amines is 1. The van der Waals surface area contributed by atoms with Crippen LogP contribution >= 0.6 is 27.3 Å². The number of amides is 1. The molecule has 0 unspecified atom stereocenters. The van der Waals surface area contributed by atoms with Crippen molar-refractivity contribution < 1.29 is 9.53 Å². The molecule has 2 aromatic rings. The highest BCUT2D eigenvalue weighted by Gasteiger charge is 2.45. The molecule has 0 aromatic carbocycles. The lowest BCUT2D eigenvalue weighted by atomic mass is 9.98. The van der Waals surface area contributed by atoms with Crippen molar-refractivity contribution in [1.29, 1.82) is 0 Å². The minimum atomic E-state index is -0.676. The second-order valence-corrected chi connectivity index (χ2v) is 9.62. The first-order chi connectivity index (χ1) is 11.1. The Balaban J connectivity index is 2.02. The molecule has 0 aliphatic carbocycles. The summed E-state index contributed by atoms with van der Waals surface area (Å²) < 4.78 is 6.96. The molecule has 0 bridgehead atoms. The quantitative estimate of drug-likeness (QED) is 0.766. The van der Waals surface area contributed by atoms with Crippen molar-refractivity contribution in [2.45, 2.75) is 51.7 Å². The Hall–Kier alpha value is -1.41. The number of carbonyl (C=O) groups excluding carboxylic acids is 1. The predicted octanol–water partition coefficient (Wildman–Crippen LogP) is 3.99. The lowest BCUT2D eigenvalue weighted by molar-refractivity contribution is 0.00855. The lowest BCUT2D eigenvalue weighted by Crippen LogP contribution is -2.46. The van der Waals surface area contributed by atoms with E-state index in [-0.39, 0.29) is 11.7 Å². The van der Waals surface area contributed by atoms with Gasteiger partial charge in [0.15, 0.2) is 0 Å². The molecule has 6 nitrogen and oxygen atoms in total. The Morgan fingerprint density at radius 1 is 1.50 bits per heavy atom. The summed E-state index contributed by atoms with van der Waals surface area (Å²) >= 11 is 4.74. The molecule has 1 amide bonds. The zero-order valence-corrected chi connectivity index (χ0v) is 16.5. The summed E-state index contributed by atoms with van der Waals surface area (Å²) in [4.78, 5) is 34.1. The first-order valence-corrected chi connectivity index (χ1v) is 9.41. The molecule has 3 heterocycles. The summed E-state index contributed by atoms with van der Waals surface area (Å²) in [6.45, 7) is 8.03. The fourth-order valence-electron chi connectivity index (χ4n) is 2.98.